The van der Waals surface area contributed by atoms with Gasteiger partial charge in [-0.05, 0) is 35.6 Å². The van der Waals surface area contributed by atoms with Crippen molar-refractivity contribution in [3.63, 3.8) is 0 Å². The van der Waals surface area contributed by atoms with E-state index in [1.165, 1.54) is 9.87 Å². The van der Waals surface area contributed by atoms with Crippen molar-refractivity contribution in [2.75, 3.05) is 7.05 Å². The second-order valence-electron chi connectivity index (χ2n) is 5.99. The fourth-order valence-electron chi connectivity index (χ4n) is 2.37. The number of hydrogen-bond acceptors (Lipinski definition) is 2. The van der Waals surface area contributed by atoms with Gasteiger partial charge in [-0.25, -0.2) is 8.42 Å². The predicted molar refractivity (Wildman–Crippen MR) is 90.1 cm³/mol. The highest BCUT2D eigenvalue weighted by Gasteiger charge is 2.20. The summed E-state index contributed by atoms with van der Waals surface area (Å²) < 4.78 is 26.6. The third kappa shape index (κ3) is 4.18. The van der Waals surface area contributed by atoms with Gasteiger partial charge in [-0.3, -0.25) is 0 Å². The lowest BCUT2D eigenvalue weighted by Crippen LogP contribution is -2.26. The average molecular weight is 317 g/mol. The van der Waals surface area contributed by atoms with Gasteiger partial charge in [0.1, 0.15) is 0 Å². The standard InChI is InChI=1S/C18H23NO2S/c1-15(2)13-16-9-11-18(12-10-16)22(20,21)19(3)14-17-7-5-4-6-8-17/h4-12,15H,13-14H2,1-3H3. The summed E-state index contributed by atoms with van der Waals surface area (Å²) in [5.74, 6) is 0.559. The summed E-state index contributed by atoms with van der Waals surface area (Å²) >= 11 is 0. The first-order valence-electron chi connectivity index (χ1n) is 7.49. The van der Waals surface area contributed by atoms with Gasteiger partial charge < -0.3 is 0 Å². The molecule has 0 N–H and O–H groups in total. The Balaban J connectivity index is 2.15. The fourth-order valence-corrected chi connectivity index (χ4v) is 3.53. The summed E-state index contributed by atoms with van der Waals surface area (Å²) in [4.78, 5) is 0.346. The lowest BCUT2D eigenvalue weighted by Gasteiger charge is -2.17. The number of rotatable bonds is 6. The first-order chi connectivity index (χ1) is 10.4. The molecule has 22 heavy (non-hydrogen) atoms. The second-order valence-corrected chi connectivity index (χ2v) is 8.03. The Bertz CT molecular complexity index is 692. The Morgan fingerprint density at radius 2 is 1.50 bits per heavy atom. The van der Waals surface area contributed by atoms with E-state index < -0.39 is 10.0 Å². The largest absolute Gasteiger partial charge is 0.243 e. The minimum absolute atomic E-state index is 0.346. The Kier molecular flexibility index (Phi) is 5.37. The Morgan fingerprint density at radius 3 is 2.05 bits per heavy atom. The van der Waals surface area contributed by atoms with E-state index in [4.69, 9.17) is 0 Å². The highest BCUT2D eigenvalue weighted by Crippen LogP contribution is 2.18. The maximum absolute atomic E-state index is 12.6. The third-order valence-electron chi connectivity index (χ3n) is 3.52. The van der Waals surface area contributed by atoms with Crippen LogP contribution in [0.1, 0.15) is 25.0 Å². The molecule has 0 unspecified atom stereocenters. The van der Waals surface area contributed by atoms with Gasteiger partial charge in [-0.1, -0.05) is 56.3 Å². The van der Waals surface area contributed by atoms with Crippen LogP contribution in [-0.4, -0.2) is 19.8 Å². The maximum Gasteiger partial charge on any atom is 0.243 e. The Morgan fingerprint density at radius 1 is 0.909 bits per heavy atom. The molecule has 0 aliphatic carbocycles. The number of benzene rings is 2. The molecule has 0 aliphatic rings. The van der Waals surface area contributed by atoms with Crippen LogP contribution in [0.2, 0.25) is 0 Å². The van der Waals surface area contributed by atoms with Gasteiger partial charge in [0.15, 0.2) is 0 Å². The van der Waals surface area contributed by atoms with E-state index in [-0.39, 0.29) is 0 Å². The second kappa shape index (κ2) is 7.07. The van der Waals surface area contributed by atoms with Gasteiger partial charge in [0, 0.05) is 13.6 Å². The van der Waals surface area contributed by atoms with Gasteiger partial charge in [0.25, 0.3) is 0 Å². The molecule has 0 aromatic heterocycles. The molecule has 3 nitrogen and oxygen atoms in total. The molecule has 0 aliphatic heterocycles. The normalized spacial score (nSPS) is 12.0. The zero-order valence-corrected chi connectivity index (χ0v) is 14.2. The summed E-state index contributed by atoms with van der Waals surface area (Å²) in [7, 11) is -1.83. The van der Waals surface area contributed by atoms with Crippen LogP contribution in [0.5, 0.6) is 0 Å². The van der Waals surface area contributed by atoms with Gasteiger partial charge in [-0.15, -0.1) is 0 Å². The van der Waals surface area contributed by atoms with E-state index in [0.717, 1.165) is 12.0 Å². The number of hydrogen-bond donors (Lipinski definition) is 0. The summed E-state index contributed by atoms with van der Waals surface area (Å²) in [5.41, 5.74) is 2.14. The first-order valence-corrected chi connectivity index (χ1v) is 8.93. The van der Waals surface area contributed by atoms with Crippen LogP contribution in [0.15, 0.2) is 59.5 Å². The van der Waals surface area contributed by atoms with Crippen molar-refractivity contribution in [2.45, 2.75) is 31.7 Å². The van der Waals surface area contributed by atoms with E-state index in [2.05, 4.69) is 13.8 Å². The van der Waals surface area contributed by atoms with E-state index in [1.54, 1.807) is 19.2 Å². The van der Waals surface area contributed by atoms with Crippen LogP contribution in [0.3, 0.4) is 0 Å². The molecule has 118 valence electrons. The van der Waals surface area contributed by atoms with Crippen molar-refractivity contribution in [3.8, 4) is 0 Å². The Hall–Kier alpha value is -1.65. The van der Waals surface area contributed by atoms with Crippen LogP contribution in [0, 0.1) is 5.92 Å². The van der Waals surface area contributed by atoms with E-state index in [9.17, 15) is 8.42 Å². The number of sulfonamides is 1. The zero-order valence-electron chi connectivity index (χ0n) is 13.4. The highest BCUT2D eigenvalue weighted by molar-refractivity contribution is 7.89. The smallest absolute Gasteiger partial charge is 0.207 e. The van der Waals surface area contributed by atoms with Crippen LogP contribution < -0.4 is 0 Å². The first kappa shape index (κ1) is 16.7. The summed E-state index contributed by atoms with van der Waals surface area (Å²) in [6, 6.07) is 16.8. The zero-order chi connectivity index (χ0) is 16.2. The van der Waals surface area contributed by atoms with Crippen molar-refractivity contribution >= 4 is 10.0 Å². The minimum atomic E-state index is -3.45. The highest BCUT2D eigenvalue weighted by atomic mass is 32.2. The van der Waals surface area contributed by atoms with E-state index in [0.29, 0.717) is 17.4 Å². The molecule has 0 heterocycles. The predicted octanol–water partition coefficient (Wildman–Crippen LogP) is 3.71. The average Bonchev–Trinajstić information content (AvgIpc) is 2.48. The minimum Gasteiger partial charge on any atom is -0.207 e. The molecule has 0 amide bonds. The lowest BCUT2D eigenvalue weighted by molar-refractivity contribution is 0.466. The van der Waals surface area contributed by atoms with Crippen LogP contribution in [0.25, 0.3) is 0 Å². The fraction of sp³-hybridized carbons (Fsp3) is 0.333. The molecule has 2 aromatic carbocycles. The Labute approximate surface area is 133 Å². The molecular weight excluding hydrogens is 294 g/mol. The van der Waals surface area contributed by atoms with Crippen molar-refractivity contribution < 1.29 is 8.42 Å². The van der Waals surface area contributed by atoms with Gasteiger partial charge in [0.05, 0.1) is 4.90 Å². The number of nitrogens with zero attached hydrogens (tertiary/aromatic N) is 1. The monoisotopic (exact) mass is 317 g/mol. The van der Waals surface area contributed by atoms with Crippen LogP contribution >= 0.6 is 0 Å². The molecule has 0 atom stereocenters. The molecule has 0 radical (unpaired) electrons. The van der Waals surface area contributed by atoms with Crippen LogP contribution in [-0.2, 0) is 23.0 Å². The quantitative estimate of drug-likeness (QED) is 0.814. The lowest BCUT2D eigenvalue weighted by atomic mass is 10.0. The van der Waals surface area contributed by atoms with Crippen molar-refractivity contribution in [2.24, 2.45) is 5.92 Å². The molecule has 0 bridgehead atoms. The van der Waals surface area contributed by atoms with Crippen molar-refractivity contribution in [1.82, 2.24) is 4.31 Å². The molecule has 0 fully saturated rings. The third-order valence-corrected chi connectivity index (χ3v) is 5.34. The van der Waals surface area contributed by atoms with Crippen LogP contribution in [0.4, 0.5) is 0 Å². The molecule has 0 saturated heterocycles. The van der Waals surface area contributed by atoms with Crippen molar-refractivity contribution in [3.05, 3.63) is 65.7 Å². The summed E-state index contributed by atoms with van der Waals surface area (Å²) in [6.45, 7) is 4.67. The molecular formula is C18H23NO2S. The maximum atomic E-state index is 12.6. The molecule has 2 aromatic rings. The summed E-state index contributed by atoms with van der Waals surface area (Å²) in [5, 5.41) is 0. The van der Waals surface area contributed by atoms with Gasteiger partial charge in [-0.2, -0.15) is 4.31 Å². The SMILES string of the molecule is CC(C)Cc1ccc(S(=O)(=O)N(C)Cc2ccccc2)cc1. The summed E-state index contributed by atoms with van der Waals surface area (Å²) in [6.07, 6.45) is 0.959. The molecule has 4 heteroatoms. The van der Waals surface area contributed by atoms with E-state index >= 15 is 0 Å². The van der Waals surface area contributed by atoms with Gasteiger partial charge in [0.2, 0.25) is 10.0 Å². The molecule has 0 spiro atoms. The molecule has 0 saturated carbocycles. The topological polar surface area (TPSA) is 37.4 Å². The van der Waals surface area contributed by atoms with E-state index in [1.807, 2.05) is 42.5 Å². The molecule has 2 rings (SSSR count). The van der Waals surface area contributed by atoms with Crippen molar-refractivity contribution in [1.29, 1.82) is 0 Å². The van der Waals surface area contributed by atoms with Gasteiger partial charge >= 0.3 is 0 Å².